The van der Waals surface area contributed by atoms with Crippen molar-refractivity contribution in [3.8, 4) is 0 Å². The van der Waals surface area contributed by atoms with Crippen molar-refractivity contribution < 1.29 is 5.21 Å². The van der Waals surface area contributed by atoms with Gasteiger partial charge in [0.25, 0.3) is 0 Å². The highest BCUT2D eigenvalue weighted by Gasteiger charge is 1.96. The molecular formula is C13H12NO2-. The normalized spacial score (nSPS) is 10.1. The molecule has 0 bridgehead atoms. The van der Waals surface area contributed by atoms with Crippen LogP contribution in [-0.4, -0.2) is 5.21 Å². The Bertz CT molecular complexity index is 437. The Morgan fingerprint density at radius 2 is 1.44 bits per heavy atom. The van der Waals surface area contributed by atoms with E-state index in [0.717, 1.165) is 12.0 Å². The lowest BCUT2D eigenvalue weighted by atomic mass is 10.1. The first-order valence-electron chi connectivity index (χ1n) is 5.05. The van der Waals surface area contributed by atoms with Gasteiger partial charge in [-0.2, -0.15) is 0 Å². The standard InChI is InChI=1S/C13H12NO2/c15-14(16)13-8-6-12(7-9-13)10-11-4-2-1-3-5-11/h1-9,15H,10H2/q-1. The Labute approximate surface area is 94.1 Å². The molecule has 1 N–H and O–H groups in total. The van der Waals surface area contributed by atoms with E-state index in [0.29, 0.717) is 0 Å². The quantitative estimate of drug-likeness (QED) is 0.799. The van der Waals surface area contributed by atoms with Crippen LogP contribution in [0.3, 0.4) is 0 Å². The number of rotatable bonds is 3. The van der Waals surface area contributed by atoms with E-state index in [1.54, 1.807) is 12.1 Å². The third kappa shape index (κ3) is 2.59. The van der Waals surface area contributed by atoms with Gasteiger partial charge in [-0.3, -0.25) is 5.21 Å². The fourth-order valence-electron chi connectivity index (χ4n) is 1.57. The predicted octanol–water partition coefficient (Wildman–Crippen LogP) is 2.97. The van der Waals surface area contributed by atoms with E-state index in [4.69, 9.17) is 5.21 Å². The van der Waals surface area contributed by atoms with Crippen molar-refractivity contribution >= 4 is 5.69 Å². The van der Waals surface area contributed by atoms with Gasteiger partial charge in [0.05, 0.1) is 5.69 Å². The van der Waals surface area contributed by atoms with Gasteiger partial charge in [-0.05, 0) is 29.7 Å². The summed E-state index contributed by atoms with van der Waals surface area (Å²) in [7, 11) is 0. The molecule has 0 saturated carbocycles. The zero-order chi connectivity index (χ0) is 11.4. The molecule has 0 aromatic heterocycles. The van der Waals surface area contributed by atoms with Gasteiger partial charge in [-0.25, -0.2) is 0 Å². The smallest absolute Gasteiger partial charge is 0.0508 e. The maximum absolute atomic E-state index is 10.6. The fourth-order valence-corrected chi connectivity index (χ4v) is 1.57. The summed E-state index contributed by atoms with van der Waals surface area (Å²) in [5.41, 5.74) is 2.58. The molecule has 0 fully saturated rings. The van der Waals surface area contributed by atoms with E-state index in [2.05, 4.69) is 12.1 Å². The molecule has 16 heavy (non-hydrogen) atoms. The molecule has 3 heteroatoms. The molecule has 2 aromatic rings. The van der Waals surface area contributed by atoms with Gasteiger partial charge < -0.3 is 10.4 Å². The van der Waals surface area contributed by atoms with Gasteiger partial charge in [0.15, 0.2) is 0 Å². The van der Waals surface area contributed by atoms with E-state index in [1.165, 1.54) is 5.56 Å². The van der Waals surface area contributed by atoms with Gasteiger partial charge in [0.1, 0.15) is 0 Å². The third-order valence-electron chi connectivity index (χ3n) is 2.41. The summed E-state index contributed by atoms with van der Waals surface area (Å²) in [6.45, 7) is 0. The predicted molar refractivity (Wildman–Crippen MR) is 63.3 cm³/mol. The van der Waals surface area contributed by atoms with Gasteiger partial charge in [-0.15, -0.1) is 0 Å². The second-order valence-electron chi connectivity index (χ2n) is 3.60. The molecule has 0 heterocycles. The zero-order valence-electron chi connectivity index (χ0n) is 8.71. The van der Waals surface area contributed by atoms with Crippen molar-refractivity contribution in [2.75, 3.05) is 5.23 Å². The van der Waals surface area contributed by atoms with Crippen molar-refractivity contribution in [2.45, 2.75) is 6.42 Å². The van der Waals surface area contributed by atoms with Crippen LogP contribution in [0.5, 0.6) is 0 Å². The molecule has 0 saturated heterocycles. The van der Waals surface area contributed by atoms with Crippen molar-refractivity contribution in [2.24, 2.45) is 0 Å². The molecule has 0 radical (unpaired) electrons. The van der Waals surface area contributed by atoms with E-state index < -0.39 is 0 Å². The number of anilines is 1. The highest BCUT2D eigenvalue weighted by Crippen LogP contribution is 2.15. The molecule has 0 aliphatic rings. The molecule has 2 rings (SSSR count). The highest BCUT2D eigenvalue weighted by atomic mass is 16.8. The monoisotopic (exact) mass is 214 g/mol. The van der Waals surface area contributed by atoms with Crippen molar-refractivity contribution in [1.82, 2.24) is 0 Å². The summed E-state index contributed by atoms with van der Waals surface area (Å²) in [5, 5.41) is 19.1. The van der Waals surface area contributed by atoms with Crippen LogP contribution < -0.4 is 5.23 Å². The van der Waals surface area contributed by atoms with Crippen LogP contribution in [0.2, 0.25) is 0 Å². The van der Waals surface area contributed by atoms with Crippen LogP contribution in [0.15, 0.2) is 54.6 Å². The minimum absolute atomic E-state index is 0.133. The highest BCUT2D eigenvalue weighted by molar-refractivity contribution is 5.46. The van der Waals surface area contributed by atoms with E-state index in [1.807, 2.05) is 30.3 Å². The van der Waals surface area contributed by atoms with Crippen LogP contribution in [0.1, 0.15) is 11.1 Å². The second-order valence-corrected chi connectivity index (χ2v) is 3.60. The number of benzene rings is 2. The lowest BCUT2D eigenvalue weighted by Gasteiger charge is -2.21. The minimum atomic E-state index is -0.133. The van der Waals surface area contributed by atoms with Crippen molar-refractivity contribution in [3.63, 3.8) is 0 Å². The molecule has 0 atom stereocenters. The van der Waals surface area contributed by atoms with Crippen LogP contribution in [0.4, 0.5) is 5.69 Å². The Morgan fingerprint density at radius 3 is 2.00 bits per heavy atom. The Balaban J connectivity index is 2.11. The average Bonchev–Trinajstić information content (AvgIpc) is 2.31. The molecule has 2 aromatic carbocycles. The van der Waals surface area contributed by atoms with Crippen LogP contribution in [-0.2, 0) is 6.42 Å². The summed E-state index contributed by atoms with van der Waals surface area (Å²) in [5.74, 6) is 0. The van der Waals surface area contributed by atoms with Gasteiger partial charge in [-0.1, -0.05) is 42.5 Å². The summed E-state index contributed by atoms with van der Waals surface area (Å²) >= 11 is 0. The van der Waals surface area contributed by atoms with Crippen LogP contribution in [0, 0.1) is 5.21 Å². The molecule has 0 aliphatic heterocycles. The Kier molecular flexibility index (Phi) is 3.19. The number of hydrogen-bond acceptors (Lipinski definition) is 3. The van der Waals surface area contributed by atoms with Gasteiger partial charge >= 0.3 is 0 Å². The van der Waals surface area contributed by atoms with Crippen molar-refractivity contribution in [3.05, 3.63) is 70.9 Å². The minimum Gasteiger partial charge on any atom is -0.733 e. The SMILES string of the molecule is [O-]N(O)c1ccc(Cc2ccccc2)cc1. The van der Waals surface area contributed by atoms with E-state index >= 15 is 0 Å². The first-order chi connectivity index (χ1) is 7.75. The van der Waals surface area contributed by atoms with Gasteiger partial charge in [0, 0.05) is 0 Å². The first-order valence-corrected chi connectivity index (χ1v) is 5.05. The molecule has 0 amide bonds. The molecule has 0 aliphatic carbocycles. The molecule has 3 nitrogen and oxygen atoms in total. The number of hydrogen-bond donors (Lipinski definition) is 1. The largest absolute Gasteiger partial charge is 0.733 e. The summed E-state index contributed by atoms with van der Waals surface area (Å²) in [4.78, 5) is 0. The summed E-state index contributed by atoms with van der Waals surface area (Å²) in [6, 6.07) is 17.0. The molecule has 82 valence electrons. The average molecular weight is 214 g/mol. The summed E-state index contributed by atoms with van der Waals surface area (Å²) < 4.78 is 0. The lowest BCUT2D eigenvalue weighted by molar-refractivity contribution is 0.296. The maximum atomic E-state index is 10.6. The van der Waals surface area contributed by atoms with Gasteiger partial charge in [0.2, 0.25) is 0 Å². The lowest BCUT2D eigenvalue weighted by Crippen LogP contribution is -2.06. The topological polar surface area (TPSA) is 46.5 Å². The van der Waals surface area contributed by atoms with Crippen molar-refractivity contribution in [1.29, 1.82) is 0 Å². The maximum Gasteiger partial charge on any atom is 0.0508 e. The van der Waals surface area contributed by atoms with Crippen LogP contribution >= 0.6 is 0 Å². The molecule has 0 unspecified atom stereocenters. The first kappa shape index (κ1) is 10.7. The Morgan fingerprint density at radius 1 is 0.875 bits per heavy atom. The zero-order valence-corrected chi connectivity index (χ0v) is 8.71. The molecule has 0 spiro atoms. The van der Waals surface area contributed by atoms with E-state index in [9.17, 15) is 5.21 Å². The Hall–Kier alpha value is -1.84. The molecular weight excluding hydrogens is 202 g/mol. The summed E-state index contributed by atoms with van der Waals surface area (Å²) in [6.07, 6.45) is 0.825. The van der Waals surface area contributed by atoms with E-state index in [-0.39, 0.29) is 10.9 Å². The fraction of sp³-hybridized carbons (Fsp3) is 0.0769. The third-order valence-corrected chi connectivity index (χ3v) is 2.41. The number of nitrogens with zero attached hydrogens (tertiary/aromatic N) is 1. The van der Waals surface area contributed by atoms with Crippen LogP contribution in [0.25, 0.3) is 0 Å². The second kappa shape index (κ2) is 4.79.